The molecular weight excluding hydrogens is 302 g/mol. The Bertz CT molecular complexity index is 696. The highest BCUT2D eigenvalue weighted by Gasteiger charge is 2.47. The van der Waals surface area contributed by atoms with E-state index in [1.54, 1.807) is 0 Å². The van der Waals surface area contributed by atoms with Gasteiger partial charge in [0.25, 0.3) is 0 Å². The molecule has 2 aromatic rings. The Morgan fingerprint density at radius 1 is 1.33 bits per heavy atom. The van der Waals surface area contributed by atoms with Crippen LogP contribution in [0.4, 0.5) is 0 Å². The predicted octanol–water partition coefficient (Wildman–Crippen LogP) is 2.78. The van der Waals surface area contributed by atoms with Gasteiger partial charge in [0.1, 0.15) is 11.2 Å². The smallest absolute Gasteiger partial charge is 0.317 e. The second-order valence-corrected chi connectivity index (χ2v) is 6.74. The number of methoxy groups -OCH3 is 1. The van der Waals surface area contributed by atoms with Crippen molar-refractivity contribution < 1.29 is 9.53 Å². The Morgan fingerprint density at radius 2 is 2.08 bits per heavy atom. The van der Waals surface area contributed by atoms with E-state index in [1.807, 2.05) is 42.7 Å². The second kappa shape index (κ2) is 6.77. The molecule has 1 unspecified atom stereocenters. The van der Waals surface area contributed by atoms with Crippen LogP contribution in [0.1, 0.15) is 37.7 Å². The molecule has 5 nitrogen and oxygen atoms in total. The van der Waals surface area contributed by atoms with Crippen molar-refractivity contribution in [3.05, 3.63) is 54.1 Å². The standard InChI is InChI=1S/C19H25N3O2/c1-15(2)22-12-10-20-17(22)13-21-11-9-19(14-21,18(23)24-3)16-7-5-4-6-8-16/h4-8,10,12,15H,9,11,13-14H2,1-3H3. The molecule has 1 aliphatic heterocycles. The summed E-state index contributed by atoms with van der Waals surface area (Å²) in [7, 11) is 1.47. The zero-order valence-corrected chi connectivity index (χ0v) is 14.6. The molecule has 1 aromatic heterocycles. The third kappa shape index (κ3) is 2.96. The molecule has 0 aliphatic carbocycles. The zero-order chi connectivity index (χ0) is 17.2. The number of carbonyl (C=O) groups is 1. The fraction of sp³-hybridized carbons (Fsp3) is 0.474. The Balaban J connectivity index is 1.83. The van der Waals surface area contributed by atoms with Crippen LogP contribution in [0, 0.1) is 0 Å². The number of esters is 1. The lowest BCUT2D eigenvalue weighted by Crippen LogP contribution is -2.40. The SMILES string of the molecule is COC(=O)C1(c2ccccc2)CCN(Cc2nccn2C(C)C)C1. The molecule has 1 aromatic carbocycles. The lowest BCUT2D eigenvalue weighted by Gasteiger charge is -2.27. The van der Waals surface area contributed by atoms with Gasteiger partial charge >= 0.3 is 5.97 Å². The minimum absolute atomic E-state index is 0.150. The first-order valence-electron chi connectivity index (χ1n) is 8.45. The monoisotopic (exact) mass is 327 g/mol. The Morgan fingerprint density at radius 3 is 2.75 bits per heavy atom. The molecule has 1 fully saturated rings. The van der Waals surface area contributed by atoms with Crippen molar-refractivity contribution in [2.75, 3.05) is 20.2 Å². The maximum Gasteiger partial charge on any atom is 0.317 e. The summed E-state index contributed by atoms with van der Waals surface area (Å²) in [6.07, 6.45) is 4.63. The average Bonchev–Trinajstić information content (AvgIpc) is 3.23. The van der Waals surface area contributed by atoms with Crippen LogP contribution in [0.25, 0.3) is 0 Å². The van der Waals surface area contributed by atoms with E-state index in [0.717, 1.165) is 30.9 Å². The van der Waals surface area contributed by atoms with E-state index in [9.17, 15) is 4.79 Å². The number of hydrogen-bond acceptors (Lipinski definition) is 4. The van der Waals surface area contributed by atoms with Gasteiger partial charge in [-0.3, -0.25) is 9.69 Å². The molecule has 0 spiro atoms. The Labute approximate surface area is 143 Å². The molecule has 1 saturated heterocycles. The second-order valence-electron chi connectivity index (χ2n) is 6.74. The number of carbonyl (C=O) groups excluding carboxylic acids is 1. The number of aromatic nitrogens is 2. The summed E-state index contributed by atoms with van der Waals surface area (Å²) >= 11 is 0. The van der Waals surface area contributed by atoms with Crippen molar-refractivity contribution >= 4 is 5.97 Å². The van der Waals surface area contributed by atoms with Gasteiger partial charge in [-0.05, 0) is 25.8 Å². The molecule has 1 atom stereocenters. The number of rotatable bonds is 5. The van der Waals surface area contributed by atoms with E-state index in [2.05, 4.69) is 28.3 Å². The number of likely N-dealkylation sites (tertiary alicyclic amines) is 1. The number of imidazole rings is 1. The summed E-state index contributed by atoms with van der Waals surface area (Å²) in [5.74, 6) is 0.891. The summed E-state index contributed by atoms with van der Waals surface area (Å²) in [5, 5.41) is 0. The normalized spacial score (nSPS) is 21.3. The minimum atomic E-state index is -0.578. The molecule has 24 heavy (non-hydrogen) atoms. The van der Waals surface area contributed by atoms with Crippen molar-refractivity contribution in [3.63, 3.8) is 0 Å². The van der Waals surface area contributed by atoms with Gasteiger partial charge in [0.15, 0.2) is 0 Å². The molecule has 0 saturated carbocycles. The molecule has 5 heteroatoms. The molecule has 0 N–H and O–H groups in total. The van der Waals surface area contributed by atoms with E-state index in [4.69, 9.17) is 4.74 Å². The molecule has 3 rings (SSSR count). The molecule has 2 heterocycles. The lowest BCUT2D eigenvalue weighted by molar-refractivity contribution is -0.147. The first kappa shape index (κ1) is 16.7. The van der Waals surface area contributed by atoms with E-state index in [-0.39, 0.29) is 5.97 Å². The van der Waals surface area contributed by atoms with E-state index in [1.165, 1.54) is 7.11 Å². The predicted molar refractivity (Wildman–Crippen MR) is 92.6 cm³/mol. The van der Waals surface area contributed by atoms with Crippen LogP contribution in [-0.2, 0) is 21.5 Å². The summed E-state index contributed by atoms with van der Waals surface area (Å²) in [4.78, 5) is 19.4. The summed E-state index contributed by atoms with van der Waals surface area (Å²) < 4.78 is 7.33. The van der Waals surface area contributed by atoms with E-state index in [0.29, 0.717) is 12.6 Å². The maximum atomic E-state index is 12.6. The summed E-state index contributed by atoms with van der Waals surface area (Å²) in [6, 6.07) is 10.4. The third-order valence-corrected chi connectivity index (χ3v) is 4.92. The van der Waals surface area contributed by atoms with Crippen molar-refractivity contribution in [2.45, 2.75) is 38.3 Å². The van der Waals surface area contributed by atoms with Crippen LogP contribution < -0.4 is 0 Å². The minimum Gasteiger partial charge on any atom is -0.468 e. The molecule has 0 radical (unpaired) electrons. The number of benzene rings is 1. The van der Waals surface area contributed by atoms with Crippen LogP contribution >= 0.6 is 0 Å². The molecule has 0 amide bonds. The van der Waals surface area contributed by atoms with Gasteiger partial charge in [-0.2, -0.15) is 0 Å². The number of ether oxygens (including phenoxy) is 1. The van der Waals surface area contributed by atoms with Crippen molar-refractivity contribution in [2.24, 2.45) is 0 Å². The van der Waals surface area contributed by atoms with Crippen LogP contribution in [-0.4, -0.2) is 40.6 Å². The van der Waals surface area contributed by atoms with Gasteiger partial charge in [0, 0.05) is 31.5 Å². The summed E-state index contributed by atoms with van der Waals surface area (Å²) in [6.45, 7) is 6.57. The molecular formula is C19H25N3O2. The van der Waals surface area contributed by atoms with E-state index < -0.39 is 5.41 Å². The van der Waals surface area contributed by atoms with Gasteiger partial charge in [-0.1, -0.05) is 30.3 Å². The first-order valence-corrected chi connectivity index (χ1v) is 8.45. The van der Waals surface area contributed by atoms with Crippen LogP contribution in [0.2, 0.25) is 0 Å². The first-order chi connectivity index (χ1) is 11.6. The highest BCUT2D eigenvalue weighted by molar-refractivity contribution is 5.84. The van der Waals surface area contributed by atoms with Gasteiger partial charge in [-0.25, -0.2) is 4.98 Å². The number of hydrogen-bond donors (Lipinski definition) is 0. The zero-order valence-electron chi connectivity index (χ0n) is 14.6. The Hall–Kier alpha value is -2.14. The van der Waals surface area contributed by atoms with Crippen molar-refractivity contribution in [3.8, 4) is 0 Å². The van der Waals surface area contributed by atoms with Crippen LogP contribution in [0.5, 0.6) is 0 Å². The fourth-order valence-electron chi connectivity index (χ4n) is 3.63. The van der Waals surface area contributed by atoms with Crippen molar-refractivity contribution in [1.29, 1.82) is 0 Å². The molecule has 0 bridgehead atoms. The Kier molecular flexibility index (Phi) is 4.71. The molecule has 128 valence electrons. The van der Waals surface area contributed by atoms with Gasteiger partial charge in [0.2, 0.25) is 0 Å². The average molecular weight is 327 g/mol. The highest BCUT2D eigenvalue weighted by Crippen LogP contribution is 2.36. The van der Waals surface area contributed by atoms with E-state index >= 15 is 0 Å². The van der Waals surface area contributed by atoms with Gasteiger partial charge < -0.3 is 9.30 Å². The molecule has 1 aliphatic rings. The largest absolute Gasteiger partial charge is 0.468 e. The third-order valence-electron chi connectivity index (χ3n) is 4.92. The topological polar surface area (TPSA) is 47.4 Å². The van der Waals surface area contributed by atoms with Crippen LogP contribution in [0.3, 0.4) is 0 Å². The van der Waals surface area contributed by atoms with Gasteiger partial charge in [0.05, 0.1) is 13.7 Å². The number of nitrogens with zero attached hydrogens (tertiary/aromatic N) is 3. The quantitative estimate of drug-likeness (QED) is 0.792. The van der Waals surface area contributed by atoms with Crippen LogP contribution in [0.15, 0.2) is 42.7 Å². The highest BCUT2D eigenvalue weighted by atomic mass is 16.5. The van der Waals surface area contributed by atoms with Crippen molar-refractivity contribution in [1.82, 2.24) is 14.5 Å². The fourth-order valence-corrected chi connectivity index (χ4v) is 3.63. The lowest BCUT2D eigenvalue weighted by atomic mass is 9.79. The summed E-state index contributed by atoms with van der Waals surface area (Å²) in [5.41, 5.74) is 0.456. The van der Waals surface area contributed by atoms with Gasteiger partial charge in [-0.15, -0.1) is 0 Å². The maximum absolute atomic E-state index is 12.6.